The van der Waals surface area contributed by atoms with Crippen LogP contribution < -0.4 is 4.74 Å². The van der Waals surface area contributed by atoms with E-state index in [-0.39, 0.29) is 17.8 Å². The molecule has 4 nitrogen and oxygen atoms in total. The lowest BCUT2D eigenvalue weighted by Crippen LogP contribution is -2.44. The first-order chi connectivity index (χ1) is 9.65. The van der Waals surface area contributed by atoms with Gasteiger partial charge >= 0.3 is 5.97 Å². The zero-order valence-corrected chi connectivity index (χ0v) is 11.9. The van der Waals surface area contributed by atoms with Crippen molar-refractivity contribution >= 4 is 5.97 Å². The van der Waals surface area contributed by atoms with Crippen LogP contribution in [0.4, 0.5) is 4.39 Å². The van der Waals surface area contributed by atoms with Gasteiger partial charge in [0, 0.05) is 12.1 Å². The van der Waals surface area contributed by atoms with E-state index in [9.17, 15) is 9.18 Å². The molecule has 0 aromatic heterocycles. The molecule has 1 atom stereocenters. The molecule has 0 unspecified atom stereocenters. The van der Waals surface area contributed by atoms with Crippen molar-refractivity contribution in [1.82, 2.24) is 4.90 Å². The minimum atomic E-state index is -0.299. The maximum absolute atomic E-state index is 13.4. The number of hydrogen-bond acceptors (Lipinski definition) is 4. The summed E-state index contributed by atoms with van der Waals surface area (Å²) in [5, 5.41) is 0. The normalized spacial score (nSPS) is 19.6. The lowest BCUT2D eigenvalue weighted by Gasteiger charge is -2.33. The van der Waals surface area contributed by atoms with Crippen LogP contribution in [0.1, 0.15) is 24.8 Å². The number of likely N-dealkylation sites (tertiary alicyclic amines) is 1. The van der Waals surface area contributed by atoms with E-state index >= 15 is 0 Å². The van der Waals surface area contributed by atoms with Gasteiger partial charge in [0.1, 0.15) is 17.6 Å². The van der Waals surface area contributed by atoms with Crippen molar-refractivity contribution < 1.29 is 18.7 Å². The molecule has 0 bridgehead atoms. The molecule has 110 valence electrons. The van der Waals surface area contributed by atoms with Gasteiger partial charge in [-0.2, -0.15) is 0 Å². The third-order valence-corrected chi connectivity index (χ3v) is 3.70. The zero-order chi connectivity index (χ0) is 14.5. The molecule has 1 aromatic carbocycles. The molecule has 0 aliphatic carbocycles. The third-order valence-electron chi connectivity index (χ3n) is 3.70. The number of rotatable bonds is 4. The first-order valence-electron chi connectivity index (χ1n) is 6.80. The summed E-state index contributed by atoms with van der Waals surface area (Å²) in [6.07, 6.45) is 2.83. The summed E-state index contributed by atoms with van der Waals surface area (Å²) in [6, 6.07) is 4.20. The number of halogens is 1. The highest BCUT2D eigenvalue weighted by Crippen LogP contribution is 2.25. The van der Waals surface area contributed by atoms with Gasteiger partial charge in [0.2, 0.25) is 0 Å². The van der Waals surface area contributed by atoms with Gasteiger partial charge in [0.25, 0.3) is 0 Å². The van der Waals surface area contributed by atoms with Crippen LogP contribution in [0.15, 0.2) is 18.2 Å². The van der Waals surface area contributed by atoms with Gasteiger partial charge in [0.05, 0.1) is 14.2 Å². The quantitative estimate of drug-likeness (QED) is 0.794. The first kappa shape index (κ1) is 14.8. The van der Waals surface area contributed by atoms with Gasteiger partial charge in [-0.1, -0.05) is 6.42 Å². The van der Waals surface area contributed by atoms with Crippen LogP contribution in [0.2, 0.25) is 0 Å². The Kier molecular flexibility index (Phi) is 4.95. The monoisotopic (exact) mass is 281 g/mol. The molecule has 0 spiro atoms. The molecule has 2 rings (SSSR count). The Bertz CT molecular complexity index is 478. The van der Waals surface area contributed by atoms with Gasteiger partial charge in [-0.05, 0) is 37.6 Å². The van der Waals surface area contributed by atoms with Gasteiger partial charge in [-0.3, -0.25) is 9.69 Å². The van der Waals surface area contributed by atoms with Crippen molar-refractivity contribution in [1.29, 1.82) is 0 Å². The standard InChI is InChI=1S/C15H20FNO3/c1-19-14-7-6-12(16)9-11(14)10-17-8-4-3-5-13(17)15(18)20-2/h6-7,9,13H,3-5,8,10H2,1-2H3/t13-/m1/s1. The Labute approximate surface area is 118 Å². The molecule has 5 heteroatoms. The van der Waals surface area contributed by atoms with E-state index in [1.54, 1.807) is 13.2 Å². The molecule has 1 fully saturated rings. The van der Waals surface area contributed by atoms with E-state index in [4.69, 9.17) is 9.47 Å². The SMILES string of the molecule is COC(=O)[C@H]1CCCCN1Cc1cc(F)ccc1OC. The maximum atomic E-state index is 13.4. The van der Waals surface area contributed by atoms with E-state index in [0.29, 0.717) is 12.3 Å². The smallest absolute Gasteiger partial charge is 0.323 e. The van der Waals surface area contributed by atoms with Crippen molar-refractivity contribution in [3.63, 3.8) is 0 Å². The van der Waals surface area contributed by atoms with Crippen molar-refractivity contribution in [2.24, 2.45) is 0 Å². The molecule has 1 saturated heterocycles. The molecule has 1 aliphatic rings. The van der Waals surface area contributed by atoms with E-state index in [1.807, 2.05) is 4.90 Å². The minimum absolute atomic E-state index is 0.222. The summed E-state index contributed by atoms with van der Waals surface area (Å²) in [6.45, 7) is 1.29. The minimum Gasteiger partial charge on any atom is -0.496 e. The maximum Gasteiger partial charge on any atom is 0.323 e. The largest absolute Gasteiger partial charge is 0.496 e. The van der Waals surface area contributed by atoms with E-state index in [1.165, 1.54) is 19.2 Å². The molecule has 0 N–H and O–H groups in total. The molecule has 20 heavy (non-hydrogen) atoms. The second-order valence-corrected chi connectivity index (χ2v) is 4.96. The van der Waals surface area contributed by atoms with Crippen LogP contribution >= 0.6 is 0 Å². The van der Waals surface area contributed by atoms with Gasteiger partial charge < -0.3 is 9.47 Å². The van der Waals surface area contributed by atoms with Crippen molar-refractivity contribution in [2.45, 2.75) is 31.8 Å². The van der Waals surface area contributed by atoms with Gasteiger partial charge in [-0.25, -0.2) is 4.39 Å². The van der Waals surface area contributed by atoms with Crippen molar-refractivity contribution in [3.8, 4) is 5.75 Å². The summed E-state index contributed by atoms with van der Waals surface area (Å²) in [5.41, 5.74) is 0.753. The highest BCUT2D eigenvalue weighted by molar-refractivity contribution is 5.75. The van der Waals surface area contributed by atoms with Crippen molar-refractivity contribution in [3.05, 3.63) is 29.6 Å². The summed E-state index contributed by atoms with van der Waals surface area (Å²) in [7, 11) is 2.96. The van der Waals surface area contributed by atoms with Crippen LogP contribution in [0.5, 0.6) is 5.75 Å². The number of methoxy groups -OCH3 is 2. The Morgan fingerprint density at radius 1 is 1.40 bits per heavy atom. The zero-order valence-electron chi connectivity index (χ0n) is 11.9. The fraction of sp³-hybridized carbons (Fsp3) is 0.533. The first-order valence-corrected chi connectivity index (χ1v) is 6.80. The highest BCUT2D eigenvalue weighted by Gasteiger charge is 2.29. The Morgan fingerprint density at radius 2 is 2.20 bits per heavy atom. The number of esters is 1. The number of piperidine rings is 1. The van der Waals surface area contributed by atoms with Crippen molar-refractivity contribution in [2.75, 3.05) is 20.8 Å². The molecule has 0 radical (unpaired) electrons. The number of carbonyl (C=O) groups is 1. The Hall–Kier alpha value is -1.62. The average Bonchev–Trinajstić information content (AvgIpc) is 2.47. The van der Waals surface area contributed by atoms with E-state index in [2.05, 4.69) is 0 Å². The average molecular weight is 281 g/mol. The molecule has 0 saturated carbocycles. The van der Waals surface area contributed by atoms with Crippen LogP contribution in [-0.4, -0.2) is 37.7 Å². The number of carbonyl (C=O) groups excluding carboxylic acids is 1. The molecular formula is C15H20FNO3. The van der Waals surface area contributed by atoms with Gasteiger partial charge in [-0.15, -0.1) is 0 Å². The Balaban J connectivity index is 2.18. The van der Waals surface area contributed by atoms with E-state index in [0.717, 1.165) is 31.4 Å². The third kappa shape index (κ3) is 3.28. The lowest BCUT2D eigenvalue weighted by atomic mass is 10.0. The number of benzene rings is 1. The number of hydrogen-bond donors (Lipinski definition) is 0. The van der Waals surface area contributed by atoms with Crippen LogP contribution in [0.25, 0.3) is 0 Å². The van der Waals surface area contributed by atoms with Crippen LogP contribution in [0, 0.1) is 5.82 Å². The lowest BCUT2D eigenvalue weighted by molar-refractivity contribution is -0.148. The fourth-order valence-electron chi connectivity index (χ4n) is 2.67. The predicted octanol–water partition coefficient (Wildman–Crippen LogP) is 2.36. The second kappa shape index (κ2) is 6.70. The Morgan fingerprint density at radius 3 is 2.90 bits per heavy atom. The second-order valence-electron chi connectivity index (χ2n) is 4.96. The topological polar surface area (TPSA) is 38.8 Å². The molecule has 1 aliphatic heterocycles. The van der Waals surface area contributed by atoms with Gasteiger partial charge in [0.15, 0.2) is 0 Å². The number of ether oxygens (including phenoxy) is 2. The summed E-state index contributed by atoms with van der Waals surface area (Å²) >= 11 is 0. The predicted molar refractivity (Wildman–Crippen MR) is 73.0 cm³/mol. The van der Waals surface area contributed by atoms with Crippen LogP contribution in [0.3, 0.4) is 0 Å². The fourth-order valence-corrected chi connectivity index (χ4v) is 2.67. The summed E-state index contributed by atoms with van der Waals surface area (Å²) in [4.78, 5) is 13.9. The molecule has 1 aromatic rings. The van der Waals surface area contributed by atoms with Crippen LogP contribution in [-0.2, 0) is 16.1 Å². The molecular weight excluding hydrogens is 261 g/mol. The highest BCUT2D eigenvalue weighted by atomic mass is 19.1. The summed E-state index contributed by atoms with van der Waals surface area (Å²) in [5.74, 6) is 0.119. The van der Waals surface area contributed by atoms with E-state index < -0.39 is 0 Å². The summed E-state index contributed by atoms with van der Waals surface area (Å²) < 4.78 is 23.5. The number of nitrogens with zero attached hydrogens (tertiary/aromatic N) is 1. The molecule has 1 heterocycles. The molecule has 0 amide bonds.